The van der Waals surface area contributed by atoms with Crippen LogP contribution < -0.4 is 0 Å². The van der Waals surface area contributed by atoms with E-state index in [4.69, 9.17) is 5.11 Å². The van der Waals surface area contributed by atoms with E-state index in [1.54, 1.807) is 23.6 Å². The van der Waals surface area contributed by atoms with Crippen LogP contribution in [-0.4, -0.2) is 16.0 Å². The lowest BCUT2D eigenvalue weighted by Crippen LogP contribution is -1.98. The van der Waals surface area contributed by atoms with Gasteiger partial charge >= 0.3 is 5.97 Å². The van der Waals surface area contributed by atoms with Crippen LogP contribution in [0.15, 0.2) is 35.0 Å². The van der Waals surface area contributed by atoms with Gasteiger partial charge in [0, 0.05) is 17.0 Å². The van der Waals surface area contributed by atoms with Gasteiger partial charge in [-0.25, -0.2) is 4.79 Å². The summed E-state index contributed by atoms with van der Waals surface area (Å²) in [6, 6.07) is 6.10. The number of rotatable bonds is 3. The van der Waals surface area contributed by atoms with Gasteiger partial charge in [0.2, 0.25) is 0 Å². The fourth-order valence-corrected chi connectivity index (χ4v) is 2.35. The van der Waals surface area contributed by atoms with Crippen molar-refractivity contribution in [3.8, 4) is 11.1 Å². The van der Waals surface area contributed by atoms with E-state index in [9.17, 15) is 14.9 Å². The number of carboxylic acid groups (broad SMARTS) is 1. The van der Waals surface area contributed by atoms with E-state index in [2.05, 4.69) is 0 Å². The molecule has 0 amide bonds. The first-order chi connectivity index (χ1) is 8.11. The molecule has 17 heavy (non-hydrogen) atoms. The minimum absolute atomic E-state index is 0.0873. The summed E-state index contributed by atoms with van der Waals surface area (Å²) in [7, 11) is 0. The molecule has 0 radical (unpaired) electrons. The summed E-state index contributed by atoms with van der Waals surface area (Å²) in [5.74, 6) is -1.08. The standard InChI is InChI=1S/C11H7NO4S/c13-11(14)9-6-17-5-8(9)7-3-1-2-4-10(7)12(15)16/h1-6H,(H,13,14). The molecule has 1 aromatic heterocycles. The molecule has 0 spiro atoms. The molecule has 0 unspecified atom stereocenters. The maximum Gasteiger partial charge on any atom is 0.337 e. The molecule has 0 aliphatic rings. The van der Waals surface area contributed by atoms with Crippen LogP contribution in [0.3, 0.4) is 0 Å². The Morgan fingerprint density at radius 3 is 2.59 bits per heavy atom. The number of nitro groups is 1. The minimum Gasteiger partial charge on any atom is -0.478 e. The molecule has 0 aliphatic heterocycles. The fourth-order valence-electron chi connectivity index (χ4n) is 1.53. The van der Waals surface area contributed by atoms with Gasteiger partial charge in [0.15, 0.2) is 0 Å². The van der Waals surface area contributed by atoms with Crippen molar-refractivity contribution < 1.29 is 14.8 Å². The first-order valence-electron chi connectivity index (χ1n) is 4.64. The van der Waals surface area contributed by atoms with E-state index in [1.807, 2.05) is 0 Å². The third-order valence-corrected chi connectivity index (χ3v) is 3.03. The molecule has 1 heterocycles. The predicted octanol–water partition coefficient (Wildman–Crippen LogP) is 3.02. The highest BCUT2D eigenvalue weighted by molar-refractivity contribution is 7.08. The largest absolute Gasteiger partial charge is 0.478 e. The van der Waals surface area contributed by atoms with Crippen molar-refractivity contribution in [3.05, 3.63) is 50.7 Å². The van der Waals surface area contributed by atoms with E-state index in [1.165, 1.54) is 22.8 Å². The Morgan fingerprint density at radius 2 is 1.94 bits per heavy atom. The Morgan fingerprint density at radius 1 is 1.24 bits per heavy atom. The summed E-state index contributed by atoms with van der Waals surface area (Å²) in [4.78, 5) is 21.3. The number of hydrogen-bond donors (Lipinski definition) is 1. The number of benzene rings is 1. The van der Waals surface area contributed by atoms with Crippen molar-refractivity contribution in [1.82, 2.24) is 0 Å². The quantitative estimate of drug-likeness (QED) is 0.669. The molecule has 1 N–H and O–H groups in total. The van der Waals surface area contributed by atoms with Crippen LogP contribution in [0.5, 0.6) is 0 Å². The summed E-state index contributed by atoms with van der Waals surface area (Å²) < 4.78 is 0. The lowest BCUT2D eigenvalue weighted by Gasteiger charge is -2.01. The maximum atomic E-state index is 11.0. The number of aromatic carboxylic acids is 1. The normalized spacial score (nSPS) is 10.1. The lowest BCUT2D eigenvalue weighted by molar-refractivity contribution is -0.384. The average molecular weight is 249 g/mol. The molecule has 0 saturated heterocycles. The highest BCUT2D eigenvalue weighted by Crippen LogP contribution is 2.34. The van der Waals surface area contributed by atoms with Crippen molar-refractivity contribution in [1.29, 1.82) is 0 Å². The molecule has 86 valence electrons. The zero-order valence-corrected chi connectivity index (χ0v) is 9.31. The van der Waals surface area contributed by atoms with Gasteiger partial charge in [-0.05, 0) is 11.4 Å². The summed E-state index contributed by atoms with van der Waals surface area (Å²) in [5.41, 5.74) is 0.712. The molecule has 2 rings (SSSR count). The van der Waals surface area contributed by atoms with Gasteiger partial charge in [0.1, 0.15) is 0 Å². The topological polar surface area (TPSA) is 80.4 Å². The van der Waals surface area contributed by atoms with Crippen LogP contribution in [-0.2, 0) is 0 Å². The SMILES string of the molecule is O=C(O)c1cscc1-c1ccccc1[N+](=O)[O-]. The molecular formula is C11H7NO4S. The molecule has 1 aromatic carbocycles. The monoisotopic (exact) mass is 249 g/mol. The van der Waals surface area contributed by atoms with Crippen LogP contribution in [0.25, 0.3) is 11.1 Å². The first-order valence-corrected chi connectivity index (χ1v) is 5.59. The minimum atomic E-state index is -1.08. The number of nitro benzene ring substituents is 1. The van der Waals surface area contributed by atoms with Crippen LogP contribution in [0.2, 0.25) is 0 Å². The third kappa shape index (κ3) is 2.02. The highest BCUT2D eigenvalue weighted by Gasteiger charge is 2.20. The lowest BCUT2D eigenvalue weighted by atomic mass is 10.0. The number of para-hydroxylation sites is 1. The Bertz CT molecular complexity index is 591. The zero-order valence-electron chi connectivity index (χ0n) is 8.49. The van der Waals surface area contributed by atoms with Crippen LogP contribution in [0.4, 0.5) is 5.69 Å². The second-order valence-electron chi connectivity index (χ2n) is 3.28. The van der Waals surface area contributed by atoms with Gasteiger partial charge in [0.25, 0.3) is 5.69 Å². The van der Waals surface area contributed by atoms with Crippen molar-refractivity contribution in [3.63, 3.8) is 0 Å². The van der Waals surface area contributed by atoms with Crippen LogP contribution >= 0.6 is 11.3 Å². The third-order valence-electron chi connectivity index (χ3n) is 2.28. The molecule has 0 atom stereocenters. The maximum absolute atomic E-state index is 11.0. The molecule has 0 saturated carbocycles. The Labute approximate surface area is 100 Å². The zero-order chi connectivity index (χ0) is 12.4. The number of nitrogens with zero attached hydrogens (tertiary/aromatic N) is 1. The van der Waals surface area contributed by atoms with Gasteiger partial charge < -0.3 is 5.11 Å². The van der Waals surface area contributed by atoms with E-state index in [-0.39, 0.29) is 11.3 Å². The molecule has 0 fully saturated rings. The second-order valence-corrected chi connectivity index (χ2v) is 4.02. The van der Waals surface area contributed by atoms with E-state index in [0.29, 0.717) is 11.1 Å². The molecule has 0 aliphatic carbocycles. The molecule has 5 nitrogen and oxygen atoms in total. The number of carboxylic acids is 1. The Balaban J connectivity index is 2.64. The summed E-state index contributed by atoms with van der Waals surface area (Å²) in [6.07, 6.45) is 0. The van der Waals surface area contributed by atoms with Crippen molar-refractivity contribution in [2.24, 2.45) is 0 Å². The van der Waals surface area contributed by atoms with Gasteiger partial charge in [0.05, 0.1) is 16.1 Å². The average Bonchev–Trinajstić information content (AvgIpc) is 2.77. The van der Waals surface area contributed by atoms with E-state index >= 15 is 0 Å². The van der Waals surface area contributed by atoms with Gasteiger partial charge in [-0.15, -0.1) is 0 Å². The van der Waals surface area contributed by atoms with Crippen molar-refractivity contribution in [2.75, 3.05) is 0 Å². The molecule has 6 heteroatoms. The number of thiophene rings is 1. The predicted molar refractivity (Wildman–Crippen MR) is 63.4 cm³/mol. The van der Waals surface area contributed by atoms with E-state index < -0.39 is 10.9 Å². The smallest absolute Gasteiger partial charge is 0.337 e. The molecule has 2 aromatic rings. The first kappa shape index (κ1) is 11.3. The van der Waals surface area contributed by atoms with Gasteiger partial charge in [-0.3, -0.25) is 10.1 Å². The van der Waals surface area contributed by atoms with E-state index in [0.717, 1.165) is 0 Å². The number of carbonyl (C=O) groups is 1. The summed E-state index contributed by atoms with van der Waals surface area (Å²) >= 11 is 1.21. The fraction of sp³-hybridized carbons (Fsp3) is 0. The Kier molecular flexibility index (Phi) is 2.88. The van der Waals surface area contributed by atoms with Gasteiger partial charge in [-0.2, -0.15) is 11.3 Å². The molecule has 0 bridgehead atoms. The Hall–Kier alpha value is -2.21. The highest BCUT2D eigenvalue weighted by atomic mass is 32.1. The van der Waals surface area contributed by atoms with Crippen molar-refractivity contribution >= 4 is 23.0 Å². The number of hydrogen-bond acceptors (Lipinski definition) is 4. The summed E-state index contributed by atoms with van der Waals surface area (Å²) in [6.45, 7) is 0. The van der Waals surface area contributed by atoms with Crippen LogP contribution in [0, 0.1) is 10.1 Å². The van der Waals surface area contributed by atoms with Crippen molar-refractivity contribution in [2.45, 2.75) is 0 Å². The molecular weight excluding hydrogens is 242 g/mol. The summed E-state index contributed by atoms with van der Waals surface area (Å²) in [5, 5.41) is 22.9. The second kappa shape index (κ2) is 4.34. The van der Waals surface area contributed by atoms with Gasteiger partial charge in [-0.1, -0.05) is 12.1 Å². The van der Waals surface area contributed by atoms with Crippen LogP contribution in [0.1, 0.15) is 10.4 Å².